The Labute approximate surface area is 200 Å². The molecule has 0 atom stereocenters. The maximum absolute atomic E-state index is 13.1. The van der Waals surface area contributed by atoms with Gasteiger partial charge in [-0.15, -0.1) is 0 Å². The van der Waals surface area contributed by atoms with E-state index in [1.54, 1.807) is 21.8 Å². The lowest BCUT2D eigenvalue weighted by Gasteiger charge is -2.14. The fraction of sp³-hybridized carbons (Fsp3) is 0.111. The van der Waals surface area contributed by atoms with Crippen molar-refractivity contribution in [3.05, 3.63) is 78.3 Å². The van der Waals surface area contributed by atoms with Gasteiger partial charge < -0.3 is 15.6 Å². The molecule has 3 aromatic heterocycles. The number of carbonyl (C=O) groups is 1. The summed E-state index contributed by atoms with van der Waals surface area (Å²) < 4.78 is 1.78. The molecular formula is C27H21N7O. The Kier molecular flexibility index (Phi) is 4.47. The Hall–Kier alpha value is -4.90. The van der Waals surface area contributed by atoms with E-state index in [1.807, 2.05) is 49.8 Å². The zero-order valence-corrected chi connectivity index (χ0v) is 19.0. The number of nitrogen functional groups attached to an aromatic ring is 1. The molecule has 3 N–H and O–H groups in total. The number of H-pyrrole nitrogens is 1. The lowest BCUT2D eigenvalue weighted by molar-refractivity contribution is 0.0794. The maximum atomic E-state index is 13.1. The van der Waals surface area contributed by atoms with E-state index >= 15 is 0 Å². The number of amides is 1. The minimum Gasteiger partial charge on any atom is -0.398 e. The van der Waals surface area contributed by atoms with Crippen LogP contribution in [-0.4, -0.2) is 37.1 Å². The summed E-state index contributed by atoms with van der Waals surface area (Å²) in [6, 6.07) is 14.0. The molecule has 2 aromatic carbocycles. The van der Waals surface area contributed by atoms with Crippen LogP contribution in [0, 0.1) is 11.3 Å². The lowest BCUT2D eigenvalue weighted by atomic mass is 9.94. The molecule has 5 aromatic rings. The van der Waals surface area contributed by atoms with E-state index < -0.39 is 0 Å². The number of aromatic amines is 1. The molecule has 0 bridgehead atoms. The summed E-state index contributed by atoms with van der Waals surface area (Å²) in [4.78, 5) is 22.7. The first-order chi connectivity index (χ1) is 16.9. The van der Waals surface area contributed by atoms with Crippen LogP contribution in [0.2, 0.25) is 0 Å². The molecule has 4 heterocycles. The summed E-state index contributed by atoms with van der Waals surface area (Å²) in [6.45, 7) is 4.29. The molecule has 0 fully saturated rings. The average molecular weight is 460 g/mol. The number of pyridine rings is 1. The molecule has 1 amide bonds. The van der Waals surface area contributed by atoms with Gasteiger partial charge in [-0.05, 0) is 46.5 Å². The fourth-order valence-electron chi connectivity index (χ4n) is 4.95. The molecule has 0 unspecified atom stereocenters. The molecule has 0 spiro atoms. The Morgan fingerprint density at radius 1 is 1.23 bits per heavy atom. The summed E-state index contributed by atoms with van der Waals surface area (Å²) in [5.74, 6) is -0.174. The quantitative estimate of drug-likeness (QED) is 0.305. The third-order valence-electron chi connectivity index (χ3n) is 6.55. The first kappa shape index (κ1) is 20.7. The molecule has 1 aliphatic heterocycles. The smallest absolute Gasteiger partial charge is 0.256 e. The van der Waals surface area contributed by atoms with Gasteiger partial charge in [0.05, 0.1) is 24.4 Å². The number of anilines is 1. The van der Waals surface area contributed by atoms with Crippen molar-refractivity contribution in [2.75, 3.05) is 12.3 Å². The monoisotopic (exact) mass is 459 g/mol. The number of carbonyl (C=O) groups excluding carboxylic acids is 1. The minimum atomic E-state index is -0.174. The van der Waals surface area contributed by atoms with Crippen LogP contribution in [-0.2, 0) is 13.6 Å². The summed E-state index contributed by atoms with van der Waals surface area (Å²) in [5.41, 5.74) is 14.1. The van der Waals surface area contributed by atoms with Gasteiger partial charge >= 0.3 is 0 Å². The van der Waals surface area contributed by atoms with E-state index in [1.165, 1.54) is 0 Å². The molecule has 170 valence electrons. The SMILES string of the molecule is C=C(C#N)CN1Cc2c(-c3ccc4[nH]c5nccc(-c6cnn(C)c6)c5c4c3)ccc(N)c2C1=O. The fourth-order valence-corrected chi connectivity index (χ4v) is 4.95. The highest BCUT2D eigenvalue weighted by atomic mass is 16.2. The van der Waals surface area contributed by atoms with Crippen molar-refractivity contribution in [2.45, 2.75) is 6.54 Å². The number of nitriles is 1. The second kappa shape index (κ2) is 7.57. The number of hydrogen-bond donors (Lipinski definition) is 2. The number of nitrogens with zero attached hydrogens (tertiary/aromatic N) is 5. The van der Waals surface area contributed by atoms with Crippen molar-refractivity contribution in [1.29, 1.82) is 5.26 Å². The van der Waals surface area contributed by atoms with Crippen LogP contribution in [0.1, 0.15) is 15.9 Å². The second-order valence-corrected chi connectivity index (χ2v) is 8.80. The normalized spacial score (nSPS) is 12.9. The molecule has 0 saturated carbocycles. The van der Waals surface area contributed by atoms with Gasteiger partial charge in [0.15, 0.2) is 0 Å². The van der Waals surface area contributed by atoms with E-state index in [0.717, 1.165) is 49.8 Å². The van der Waals surface area contributed by atoms with Gasteiger partial charge in [0.2, 0.25) is 0 Å². The number of hydrogen-bond acceptors (Lipinski definition) is 5. The lowest BCUT2D eigenvalue weighted by Crippen LogP contribution is -2.26. The molecule has 8 heteroatoms. The van der Waals surface area contributed by atoms with Gasteiger partial charge in [0, 0.05) is 59.1 Å². The van der Waals surface area contributed by atoms with Crippen molar-refractivity contribution in [3.8, 4) is 28.3 Å². The Bertz CT molecular complexity index is 1730. The van der Waals surface area contributed by atoms with Gasteiger partial charge in [-0.1, -0.05) is 18.7 Å². The van der Waals surface area contributed by atoms with Gasteiger partial charge in [-0.25, -0.2) is 4.98 Å². The maximum Gasteiger partial charge on any atom is 0.256 e. The van der Waals surface area contributed by atoms with Gasteiger partial charge in [-0.2, -0.15) is 10.4 Å². The molecule has 8 nitrogen and oxygen atoms in total. The molecule has 6 rings (SSSR count). The van der Waals surface area contributed by atoms with E-state index in [9.17, 15) is 4.79 Å². The summed E-state index contributed by atoms with van der Waals surface area (Å²) in [6.07, 6.45) is 5.63. The molecular weight excluding hydrogens is 438 g/mol. The van der Waals surface area contributed by atoms with E-state index in [2.05, 4.69) is 27.7 Å². The number of benzene rings is 2. The molecule has 0 saturated heterocycles. The second-order valence-electron chi connectivity index (χ2n) is 8.80. The van der Waals surface area contributed by atoms with Crippen molar-refractivity contribution < 1.29 is 4.79 Å². The van der Waals surface area contributed by atoms with Gasteiger partial charge in [-0.3, -0.25) is 9.48 Å². The van der Waals surface area contributed by atoms with Crippen LogP contribution in [0.4, 0.5) is 5.69 Å². The largest absolute Gasteiger partial charge is 0.398 e. The summed E-state index contributed by atoms with van der Waals surface area (Å²) in [5, 5.41) is 15.5. The number of fused-ring (bicyclic) bond motifs is 4. The highest BCUT2D eigenvalue weighted by Gasteiger charge is 2.32. The third-order valence-corrected chi connectivity index (χ3v) is 6.55. The van der Waals surface area contributed by atoms with Crippen LogP contribution in [0.3, 0.4) is 0 Å². The number of aryl methyl sites for hydroxylation is 1. The molecule has 0 radical (unpaired) electrons. The average Bonchev–Trinajstić information content (AvgIpc) is 3.54. The number of nitrogens with two attached hydrogens (primary N) is 1. The Morgan fingerprint density at radius 3 is 2.86 bits per heavy atom. The van der Waals surface area contributed by atoms with Gasteiger partial charge in [0.25, 0.3) is 5.91 Å². The molecule has 0 aliphatic carbocycles. The van der Waals surface area contributed by atoms with Crippen LogP contribution in [0.15, 0.2) is 67.1 Å². The van der Waals surface area contributed by atoms with Crippen LogP contribution >= 0.6 is 0 Å². The van der Waals surface area contributed by atoms with E-state index in [-0.39, 0.29) is 12.5 Å². The van der Waals surface area contributed by atoms with Crippen molar-refractivity contribution >= 4 is 33.5 Å². The minimum absolute atomic E-state index is 0.174. The van der Waals surface area contributed by atoms with Crippen LogP contribution in [0.25, 0.3) is 44.2 Å². The van der Waals surface area contributed by atoms with Crippen molar-refractivity contribution in [2.24, 2.45) is 7.05 Å². The zero-order valence-electron chi connectivity index (χ0n) is 19.0. The Balaban J connectivity index is 1.53. The first-order valence-corrected chi connectivity index (χ1v) is 11.1. The van der Waals surface area contributed by atoms with E-state index in [0.29, 0.717) is 23.4 Å². The number of rotatable bonds is 4. The summed E-state index contributed by atoms with van der Waals surface area (Å²) in [7, 11) is 1.90. The zero-order chi connectivity index (χ0) is 24.3. The topological polar surface area (TPSA) is 117 Å². The molecule has 35 heavy (non-hydrogen) atoms. The first-order valence-electron chi connectivity index (χ1n) is 11.1. The standard InChI is InChI=1S/C27H21N7O/c1-15(10-28)12-34-14-21-18(4-5-22(29)25(21)27(34)35)16-3-6-23-20(9-16)24-19(7-8-30-26(24)32-23)17-11-31-33(2)13-17/h3-9,11,13H,1,12,14,29H2,2H3,(H,30,32). The number of nitrogens with one attached hydrogen (secondary N) is 1. The predicted octanol–water partition coefficient (Wildman–Crippen LogP) is 4.40. The third kappa shape index (κ3) is 3.17. The Morgan fingerprint density at radius 2 is 2.09 bits per heavy atom. The van der Waals surface area contributed by atoms with Crippen LogP contribution in [0.5, 0.6) is 0 Å². The molecule has 1 aliphatic rings. The van der Waals surface area contributed by atoms with Crippen LogP contribution < -0.4 is 5.73 Å². The van der Waals surface area contributed by atoms with E-state index in [4.69, 9.17) is 11.0 Å². The van der Waals surface area contributed by atoms with Gasteiger partial charge in [0.1, 0.15) is 5.65 Å². The summed E-state index contributed by atoms with van der Waals surface area (Å²) >= 11 is 0. The highest BCUT2D eigenvalue weighted by molar-refractivity contribution is 6.14. The van der Waals surface area contributed by atoms with Crippen molar-refractivity contribution in [1.82, 2.24) is 24.6 Å². The predicted molar refractivity (Wildman–Crippen MR) is 135 cm³/mol. The highest BCUT2D eigenvalue weighted by Crippen LogP contribution is 2.39. The van der Waals surface area contributed by atoms with Crippen molar-refractivity contribution in [3.63, 3.8) is 0 Å². The number of aromatic nitrogens is 4.